The van der Waals surface area contributed by atoms with Gasteiger partial charge in [0.2, 0.25) is 0 Å². The van der Waals surface area contributed by atoms with Crippen molar-refractivity contribution in [3.05, 3.63) is 76.6 Å². The molecule has 3 aromatic rings. The van der Waals surface area contributed by atoms with Crippen LogP contribution in [0.1, 0.15) is 17.0 Å². The maximum atomic E-state index is 6.16. The number of benzene rings is 2. The summed E-state index contributed by atoms with van der Waals surface area (Å²) in [5.74, 6) is 0.841. The zero-order chi connectivity index (χ0) is 17.1. The lowest BCUT2D eigenvalue weighted by Gasteiger charge is -2.10. The third-order valence-electron chi connectivity index (χ3n) is 3.94. The molecule has 3 rings (SSSR count). The first kappa shape index (κ1) is 16.3. The van der Waals surface area contributed by atoms with Crippen molar-refractivity contribution in [2.45, 2.75) is 13.8 Å². The van der Waals surface area contributed by atoms with Gasteiger partial charge in [-0.25, -0.2) is 0 Å². The molecule has 0 spiro atoms. The molecule has 1 aromatic heterocycles. The van der Waals surface area contributed by atoms with Gasteiger partial charge in [-0.1, -0.05) is 17.7 Å². The van der Waals surface area contributed by atoms with Crippen LogP contribution in [0.3, 0.4) is 0 Å². The molecular weight excluding hydrogens is 320 g/mol. The summed E-state index contributed by atoms with van der Waals surface area (Å²) in [6, 6.07) is 17.9. The molecule has 3 nitrogen and oxygen atoms in total. The molecule has 2 aromatic carbocycles. The number of rotatable bonds is 4. The molecule has 1 heterocycles. The Kier molecular flexibility index (Phi) is 4.72. The van der Waals surface area contributed by atoms with Crippen LogP contribution < -0.4 is 4.74 Å². The van der Waals surface area contributed by atoms with E-state index in [1.54, 1.807) is 7.11 Å². The number of halogens is 1. The topological polar surface area (TPSA) is 26.5 Å². The summed E-state index contributed by atoms with van der Waals surface area (Å²) in [5.41, 5.74) is 5.11. The Bertz CT molecular complexity index is 879. The lowest BCUT2D eigenvalue weighted by molar-refractivity contribution is 0.414. The van der Waals surface area contributed by atoms with Gasteiger partial charge in [0.05, 0.1) is 24.7 Å². The van der Waals surface area contributed by atoms with Crippen LogP contribution >= 0.6 is 11.6 Å². The SMILES string of the molecule is COc1ccc(-n2c(C)ccc2C=Nc2ccc(C)c(Cl)c2)cc1. The minimum Gasteiger partial charge on any atom is -0.497 e. The summed E-state index contributed by atoms with van der Waals surface area (Å²) in [5, 5.41) is 0.728. The van der Waals surface area contributed by atoms with E-state index >= 15 is 0 Å². The van der Waals surface area contributed by atoms with E-state index in [1.165, 1.54) is 0 Å². The Morgan fingerprint density at radius 3 is 2.42 bits per heavy atom. The lowest BCUT2D eigenvalue weighted by Crippen LogP contribution is -2.01. The monoisotopic (exact) mass is 338 g/mol. The van der Waals surface area contributed by atoms with Gasteiger partial charge in [-0.15, -0.1) is 0 Å². The van der Waals surface area contributed by atoms with Crippen molar-refractivity contribution in [1.29, 1.82) is 0 Å². The van der Waals surface area contributed by atoms with Gasteiger partial charge in [0.25, 0.3) is 0 Å². The van der Waals surface area contributed by atoms with Crippen LogP contribution in [0.2, 0.25) is 5.02 Å². The van der Waals surface area contributed by atoms with E-state index in [1.807, 2.05) is 55.6 Å². The van der Waals surface area contributed by atoms with Gasteiger partial charge in [-0.3, -0.25) is 4.99 Å². The number of hydrogen-bond acceptors (Lipinski definition) is 2. The Balaban J connectivity index is 1.94. The minimum absolute atomic E-state index is 0.728. The van der Waals surface area contributed by atoms with Crippen LogP contribution in [0.25, 0.3) is 5.69 Å². The van der Waals surface area contributed by atoms with Gasteiger partial charge in [0.1, 0.15) is 5.75 Å². The standard InChI is InChI=1S/C20H19ClN2O/c1-14-4-6-16(12-20(14)21)22-13-18-7-5-15(2)23(18)17-8-10-19(24-3)11-9-17/h4-13H,1-3H3. The summed E-state index contributed by atoms with van der Waals surface area (Å²) in [4.78, 5) is 4.56. The highest BCUT2D eigenvalue weighted by Gasteiger charge is 2.06. The molecule has 0 aliphatic carbocycles. The van der Waals surface area contributed by atoms with Gasteiger partial charge in [0, 0.05) is 16.4 Å². The highest BCUT2D eigenvalue weighted by molar-refractivity contribution is 6.31. The summed E-state index contributed by atoms with van der Waals surface area (Å²) < 4.78 is 7.38. The Morgan fingerprint density at radius 1 is 1.00 bits per heavy atom. The molecule has 0 aliphatic rings. The summed E-state index contributed by atoms with van der Waals surface area (Å²) >= 11 is 6.16. The van der Waals surface area contributed by atoms with Crippen molar-refractivity contribution in [2.24, 2.45) is 4.99 Å². The minimum atomic E-state index is 0.728. The van der Waals surface area contributed by atoms with Crippen LogP contribution in [-0.4, -0.2) is 17.9 Å². The number of aromatic nitrogens is 1. The summed E-state index contributed by atoms with van der Waals surface area (Å²) in [7, 11) is 1.67. The first-order valence-electron chi connectivity index (χ1n) is 7.71. The van der Waals surface area contributed by atoms with Crippen LogP contribution in [0.4, 0.5) is 5.69 Å². The van der Waals surface area contributed by atoms with Crippen molar-refractivity contribution in [3.63, 3.8) is 0 Å². The number of hydrogen-bond donors (Lipinski definition) is 0. The van der Waals surface area contributed by atoms with E-state index < -0.39 is 0 Å². The molecule has 0 saturated carbocycles. The first-order valence-corrected chi connectivity index (χ1v) is 8.09. The molecule has 24 heavy (non-hydrogen) atoms. The number of methoxy groups -OCH3 is 1. The van der Waals surface area contributed by atoms with Crippen molar-refractivity contribution in [3.8, 4) is 11.4 Å². The number of nitrogens with zero attached hydrogens (tertiary/aromatic N) is 2. The third-order valence-corrected chi connectivity index (χ3v) is 4.35. The fraction of sp³-hybridized carbons (Fsp3) is 0.150. The molecule has 0 atom stereocenters. The lowest BCUT2D eigenvalue weighted by atomic mass is 10.2. The molecule has 0 N–H and O–H groups in total. The Morgan fingerprint density at radius 2 is 1.75 bits per heavy atom. The Labute approximate surface area is 147 Å². The molecule has 0 saturated heterocycles. The normalized spacial score (nSPS) is 11.2. The summed E-state index contributed by atoms with van der Waals surface area (Å²) in [6.07, 6.45) is 1.86. The molecule has 0 fully saturated rings. The van der Waals surface area contributed by atoms with Crippen molar-refractivity contribution >= 4 is 23.5 Å². The van der Waals surface area contributed by atoms with E-state index in [-0.39, 0.29) is 0 Å². The average Bonchev–Trinajstić information content (AvgIpc) is 2.97. The van der Waals surface area contributed by atoms with Crippen molar-refractivity contribution in [2.75, 3.05) is 7.11 Å². The molecule has 0 aliphatic heterocycles. The fourth-order valence-corrected chi connectivity index (χ4v) is 2.72. The predicted octanol–water partition coefficient (Wildman–Crippen LogP) is 5.51. The van der Waals surface area contributed by atoms with Crippen LogP contribution in [-0.2, 0) is 0 Å². The van der Waals surface area contributed by atoms with E-state index in [2.05, 4.69) is 28.6 Å². The highest BCUT2D eigenvalue weighted by Crippen LogP contribution is 2.23. The average molecular weight is 339 g/mol. The fourth-order valence-electron chi connectivity index (χ4n) is 2.55. The van der Waals surface area contributed by atoms with E-state index in [0.717, 1.165) is 39.1 Å². The van der Waals surface area contributed by atoms with Crippen LogP contribution in [0.15, 0.2) is 59.6 Å². The molecule has 0 bridgehead atoms. The maximum absolute atomic E-state index is 6.16. The van der Waals surface area contributed by atoms with E-state index in [4.69, 9.17) is 16.3 Å². The van der Waals surface area contributed by atoms with Gasteiger partial charge in [-0.2, -0.15) is 0 Å². The summed E-state index contributed by atoms with van der Waals surface area (Å²) in [6.45, 7) is 4.05. The third kappa shape index (κ3) is 3.36. The van der Waals surface area contributed by atoms with Gasteiger partial charge in [-0.05, 0) is 67.9 Å². The highest BCUT2D eigenvalue weighted by atomic mass is 35.5. The van der Waals surface area contributed by atoms with Gasteiger partial charge in [0.15, 0.2) is 0 Å². The zero-order valence-corrected chi connectivity index (χ0v) is 14.7. The molecule has 0 radical (unpaired) electrons. The van der Waals surface area contributed by atoms with E-state index in [9.17, 15) is 0 Å². The predicted molar refractivity (Wildman–Crippen MR) is 101 cm³/mol. The van der Waals surface area contributed by atoms with Gasteiger partial charge >= 0.3 is 0 Å². The van der Waals surface area contributed by atoms with Crippen molar-refractivity contribution < 1.29 is 4.74 Å². The second kappa shape index (κ2) is 6.93. The molecule has 4 heteroatoms. The van der Waals surface area contributed by atoms with Crippen LogP contribution in [0, 0.1) is 13.8 Å². The molecular formula is C20H19ClN2O. The van der Waals surface area contributed by atoms with E-state index in [0.29, 0.717) is 0 Å². The number of aryl methyl sites for hydroxylation is 2. The second-order valence-corrected chi connectivity index (χ2v) is 6.03. The zero-order valence-electron chi connectivity index (χ0n) is 14.0. The van der Waals surface area contributed by atoms with Crippen LogP contribution in [0.5, 0.6) is 5.75 Å². The second-order valence-electron chi connectivity index (χ2n) is 5.62. The number of aliphatic imine (C=N–C) groups is 1. The quantitative estimate of drug-likeness (QED) is 0.576. The molecule has 0 amide bonds. The largest absolute Gasteiger partial charge is 0.497 e. The molecule has 0 unspecified atom stereocenters. The van der Waals surface area contributed by atoms with Gasteiger partial charge < -0.3 is 9.30 Å². The Hall–Kier alpha value is -2.52. The van der Waals surface area contributed by atoms with Crippen molar-refractivity contribution in [1.82, 2.24) is 4.57 Å². The first-order chi connectivity index (χ1) is 11.6. The number of ether oxygens (including phenoxy) is 1. The maximum Gasteiger partial charge on any atom is 0.119 e. The smallest absolute Gasteiger partial charge is 0.119 e. The molecule has 122 valence electrons.